The second-order valence-corrected chi connectivity index (χ2v) is 3.93. The van der Waals surface area contributed by atoms with E-state index in [1.54, 1.807) is 0 Å². The van der Waals surface area contributed by atoms with Gasteiger partial charge in [0.2, 0.25) is 0 Å². The van der Waals surface area contributed by atoms with Gasteiger partial charge in [0.1, 0.15) is 11.6 Å². The molecule has 0 unspecified atom stereocenters. The van der Waals surface area contributed by atoms with Gasteiger partial charge in [0.15, 0.2) is 5.78 Å². The van der Waals surface area contributed by atoms with Crippen LogP contribution in [0.25, 0.3) is 0 Å². The van der Waals surface area contributed by atoms with Crippen LogP contribution < -0.4 is 4.74 Å². The lowest BCUT2D eigenvalue weighted by Gasteiger charge is -2.05. The lowest BCUT2D eigenvalue weighted by Crippen LogP contribution is -2.06. The van der Waals surface area contributed by atoms with Crippen LogP contribution in [0.1, 0.15) is 15.9 Å². The summed E-state index contributed by atoms with van der Waals surface area (Å²) in [6, 6.07) is 13.4. The van der Waals surface area contributed by atoms with E-state index in [0.717, 1.165) is 5.56 Å². The van der Waals surface area contributed by atoms with Gasteiger partial charge in [-0.2, -0.15) is 0 Å². The molecule has 0 amide bonds. The third-order valence-electron chi connectivity index (χ3n) is 2.68. The Morgan fingerprint density at radius 1 is 1.17 bits per heavy atom. The van der Waals surface area contributed by atoms with Crippen molar-refractivity contribution in [2.75, 3.05) is 7.11 Å². The van der Waals surface area contributed by atoms with Crippen molar-refractivity contribution in [3.05, 3.63) is 65.5 Å². The molecule has 0 fully saturated rings. The third-order valence-corrected chi connectivity index (χ3v) is 2.68. The quantitative estimate of drug-likeness (QED) is 0.772. The minimum absolute atomic E-state index is 0.0678. The fourth-order valence-electron chi connectivity index (χ4n) is 1.72. The number of Topliss-reactive ketones (excluding diaryl/α,β-unsaturated/α-hetero) is 1. The van der Waals surface area contributed by atoms with Gasteiger partial charge in [0, 0.05) is 6.42 Å². The van der Waals surface area contributed by atoms with Crippen molar-refractivity contribution in [3.8, 4) is 5.75 Å². The molecular weight excluding hydrogens is 231 g/mol. The van der Waals surface area contributed by atoms with E-state index in [4.69, 9.17) is 4.74 Å². The van der Waals surface area contributed by atoms with Crippen LogP contribution in [-0.2, 0) is 6.42 Å². The highest BCUT2D eigenvalue weighted by Gasteiger charge is 2.13. The maximum atomic E-state index is 13.6. The number of ether oxygens (including phenoxy) is 1. The van der Waals surface area contributed by atoms with E-state index in [0.29, 0.717) is 5.75 Å². The molecule has 0 aliphatic carbocycles. The lowest BCUT2D eigenvalue weighted by molar-refractivity contribution is 0.0988. The predicted molar refractivity (Wildman–Crippen MR) is 67.4 cm³/mol. The fraction of sp³-hybridized carbons (Fsp3) is 0.133. The van der Waals surface area contributed by atoms with E-state index in [9.17, 15) is 9.18 Å². The molecule has 0 aliphatic heterocycles. The van der Waals surface area contributed by atoms with Crippen molar-refractivity contribution in [1.29, 1.82) is 0 Å². The first-order valence-electron chi connectivity index (χ1n) is 5.61. The Bertz CT molecular complexity index is 550. The van der Waals surface area contributed by atoms with Gasteiger partial charge in [-0.25, -0.2) is 4.39 Å². The molecule has 0 saturated carbocycles. The van der Waals surface area contributed by atoms with Crippen molar-refractivity contribution >= 4 is 5.78 Å². The molecule has 2 rings (SSSR count). The second-order valence-electron chi connectivity index (χ2n) is 3.93. The summed E-state index contributed by atoms with van der Waals surface area (Å²) in [5.41, 5.74) is 0.933. The van der Waals surface area contributed by atoms with E-state index in [2.05, 4.69) is 0 Å². The van der Waals surface area contributed by atoms with Gasteiger partial charge in [-0.3, -0.25) is 4.79 Å². The van der Waals surface area contributed by atoms with Crippen LogP contribution in [0.15, 0.2) is 48.5 Å². The number of carbonyl (C=O) groups excluding carboxylic acids is 1. The van der Waals surface area contributed by atoms with E-state index in [1.165, 1.54) is 25.3 Å². The van der Waals surface area contributed by atoms with Crippen LogP contribution in [0.2, 0.25) is 0 Å². The van der Waals surface area contributed by atoms with Crippen molar-refractivity contribution in [2.24, 2.45) is 0 Å². The van der Waals surface area contributed by atoms with Gasteiger partial charge < -0.3 is 4.74 Å². The molecule has 0 spiro atoms. The minimum Gasteiger partial charge on any atom is -0.497 e. The smallest absolute Gasteiger partial charge is 0.170 e. The summed E-state index contributed by atoms with van der Waals surface area (Å²) < 4.78 is 18.6. The first kappa shape index (κ1) is 12.3. The van der Waals surface area contributed by atoms with Crippen LogP contribution in [0, 0.1) is 5.82 Å². The summed E-state index contributed by atoms with van der Waals surface area (Å²) in [6.07, 6.45) is 0.185. The zero-order valence-corrected chi connectivity index (χ0v) is 10.0. The normalized spacial score (nSPS) is 10.1. The summed E-state index contributed by atoms with van der Waals surface area (Å²) in [6.45, 7) is 0. The zero-order chi connectivity index (χ0) is 13.0. The van der Waals surface area contributed by atoms with E-state index in [1.807, 2.05) is 30.3 Å². The summed E-state index contributed by atoms with van der Waals surface area (Å²) in [7, 11) is 1.48. The highest BCUT2D eigenvalue weighted by Crippen LogP contribution is 2.18. The topological polar surface area (TPSA) is 26.3 Å². The number of hydrogen-bond donors (Lipinski definition) is 0. The average Bonchev–Trinajstić information content (AvgIpc) is 2.40. The number of carbonyl (C=O) groups is 1. The van der Waals surface area contributed by atoms with Gasteiger partial charge >= 0.3 is 0 Å². The molecule has 0 aliphatic rings. The Balaban J connectivity index is 2.23. The van der Waals surface area contributed by atoms with Gasteiger partial charge in [0.25, 0.3) is 0 Å². The van der Waals surface area contributed by atoms with Gasteiger partial charge in [-0.15, -0.1) is 0 Å². The van der Waals surface area contributed by atoms with E-state index in [-0.39, 0.29) is 17.8 Å². The number of rotatable bonds is 4. The number of hydrogen-bond acceptors (Lipinski definition) is 2. The van der Waals surface area contributed by atoms with Crippen LogP contribution in [0.4, 0.5) is 4.39 Å². The Kier molecular flexibility index (Phi) is 3.72. The Hall–Kier alpha value is -2.16. The maximum absolute atomic E-state index is 13.6. The minimum atomic E-state index is -0.517. The Morgan fingerprint density at radius 3 is 2.56 bits per heavy atom. The summed E-state index contributed by atoms with van der Waals surface area (Å²) in [4.78, 5) is 12.0. The van der Waals surface area contributed by atoms with Crippen LogP contribution in [0.5, 0.6) is 5.75 Å². The second kappa shape index (κ2) is 5.45. The molecule has 0 saturated heterocycles. The molecule has 2 nitrogen and oxygen atoms in total. The maximum Gasteiger partial charge on any atom is 0.170 e. The molecule has 18 heavy (non-hydrogen) atoms. The standard InChI is InChI=1S/C15H13FO2/c1-18-12-7-8-14(16)13(10-12)15(17)9-11-5-3-2-4-6-11/h2-8,10H,9H2,1H3. The zero-order valence-electron chi connectivity index (χ0n) is 10.0. The largest absolute Gasteiger partial charge is 0.497 e. The lowest BCUT2D eigenvalue weighted by atomic mass is 10.0. The van der Waals surface area contributed by atoms with E-state index < -0.39 is 5.82 Å². The van der Waals surface area contributed by atoms with Gasteiger partial charge in [-0.1, -0.05) is 30.3 Å². The van der Waals surface area contributed by atoms with Crippen LogP contribution in [0.3, 0.4) is 0 Å². The van der Waals surface area contributed by atoms with Crippen molar-refractivity contribution in [3.63, 3.8) is 0 Å². The summed E-state index contributed by atoms with van der Waals surface area (Å²) in [5, 5.41) is 0. The molecule has 0 aromatic heterocycles. The predicted octanol–water partition coefficient (Wildman–Crippen LogP) is 3.26. The van der Waals surface area contributed by atoms with Crippen LogP contribution >= 0.6 is 0 Å². The van der Waals surface area contributed by atoms with Crippen molar-refractivity contribution < 1.29 is 13.9 Å². The molecule has 0 radical (unpaired) electrons. The average molecular weight is 244 g/mol. The van der Waals surface area contributed by atoms with Crippen molar-refractivity contribution in [1.82, 2.24) is 0 Å². The number of methoxy groups -OCH3 is 1. The Labute approximate surface area is 105 Å². The highest BCUT2D eigenvalue weighted by molar-refractivity contribution is 5.98. The number of benzene rings is 2. The molecule has 2 aromatic rings. The molecular formula is C15H13FO2. The Morgan fingerprint density at radius 2 is 1.89 bits per heavy atom. The number of halogens is 1. The van der Waals surface area contributed by atoms with Crippen LogP contribution in [-0.4, -0.2) is 12.9 Å². The first-order chi connectivity index (χ1) is 8.70. The van der Waals surface area contributed by atoms with E-state index >= 15 is 0 Å². The third kappa shape index (κ3) is 2.74. The first-order valence-corrected chi connectivity index (χ1v) is 5.61. The molecule has 3 heteroatoms. The molecule has 2 aromatic carbocycles. The molecule has 0 N–H and O–H groups in total. The molecule has 0 atom stereocenters. The van der Waals surface area contributed by atoms with Crippen molar-refractivity contribution in [2.45, 2.75) is 6.42 Å². The fourth-order valence-corrected chi connectivity index (χ4v) is 1.72. The molecule has 0 bridgehead atoms. The van der Waals surface area contributed by atoms with Gasteiger partial charge in [-0.05, 0) is 23.8 Å². The number of ketones is 1. The summed E-state index contributed by atoms with van der Waals surface area (Å²) in [5.74, 6) is -0.290. The SMILES string of the molecule is COc1ccc(F)c(C(=O)Cc2ccccc2)c1. The molecule has 92 valence electrons. The summed E-state index contributed by atoms with van der Waals surface area (Å²) >= 11 is 0. The van der Waals surface area contributed by atoms with Gasteiger partial charge in [0.05, 0.1) is 12.7 Å². The monoisotopic (exact) mass is 244 g/mol. The highest BCUT2D eigenvalue weighted by atomic mass is 19.1. The molecule has 0 heterocycles.